The minimum atomic E-state index is -0.458. The van der Waals surface area contributed by atoms with E-state index in [0.717, 1.165) is 5.69 Å². The van der Waals surface area contributed by atoms with Gasteiger partial charge in [0.15, 0.2) is 0 Å². The summed E-state index contributed by atoms with van der Waals surface area (Å²) >= 11 is 0. The van der Waals surface area contributed by atoms with E-state index in [9.17, 15) is 14.9 Å². The smallest absolute Gasteiger partial charge is 0.273 e. The van der Waals surface area contributed by atoms with Crippen LogP contribution in [0.15, 0.2) is 48.5 Å². The normalized spacial score (nSPS) is 11.2. The second-order valence-electron chi connectivity index (χ2n) is 6.81. The first kappa shape index (κ1) is 17.7. The maximum Gasteiger partial charge on any atom is 0.273 e. The van der Waals surface area contributed by atoms with Crippen molar-refractivity contribution >= 4 is 17.3 Å². The number of nitro groups is 1. The molecule has 2 rings (SSSR count). The number of nitrogens with zero attached hydrogens (tertiary/aromatic N) is 2. The Morgan fingerprint density at radius 1 is 1.08 bits per heavy atom. The van der Waals surface area contributed by atoms with Gasteiger partial charge in [-0.1, -0.05) is 51.1 Å². The van der Waals surface area contributed by atoms with Crippen molar-refractivity contribution < 1.29 is 9.72 Å². The summed E-state index contributed by atoms with van der Waals surface area (Å²) in [6.45, 7) is 6.39. The van der Waals surface area contributed by atoms with E-state index in [4.69, 9.17) is 0 Å². The monoisotopic (exact) mass is 326 g/mol. The summed E-state index contributed by atoms with van der Waals surface area (Å²) in [6, 6.07) is 14.1. The van der Waals surface area contributed by atoms with Crippen LogP contribution in [-0.4, -0.2) is 17.9 Å². The van der Waals surface area contributed by atoms with Crippen molar-refractivity contribution in [1.29, 1.82) is 0 Å². The van der Waals surface area contributed by atoms with Crippen LogP contribution in [0.25, 0.3) is 0 Å². The zero-order chi connectivity index (χ0) is 17.9. The van der Waals surface area contributed by atoms with Gasteiger partial charge in [-0.15, -0.1) is 0 Å². The van der Waals surface area contributed by atoms with Crippen LogP contribution in [0, 0.1) is 10.1 Å². The van der Waals surface area contributed by atoms with Crippen LogP contribution in [0.5, 0.6) is 0 Å². The van der Waals surface area contributed by atoms with E-state index in [1.807, 2.05) is 24.3 Å². The molecule has 0 N–H and O–H groups in total. The maximum absolute atomic E-state index is 12.5. The van der Waals surface area contributed by atoms with Gasteiger partial charge in [-0.2, -0.15) is 0 Å². The van der Waals surface area contributed by atoms with E-state index in [0.29, 0.717) is 5.56 Å². The molecule has 0 atom stereocenters. The number of hydrogen-bond acceptors (Lipinski definition) is 3. The third-order valence-corrected chi connectivity index (χ3v) is 4.02. The maximum atomic E-state index is 12.5. The van der Waals surface area contributed by atoms with E-state index < -0.39 is 4.92 Å². The van der Waals surface area contributed by atoms with Crippen molar-refractivity contribution in [3.8, 4) is 0 Å². The molecule has 126 valence electrons. The number of carbonyl (C=O) groups is 1. The van der Waals surface area contributed by atoms with Gasteiger partial charge in [0.05, 0.1) is 11.3 Å². The minimum absolute atomic E-state index is 0.00528. The van der Waals surface area contributed by atoms with Gasteiger partial charge >= 0.3 is 0 Å². The molecule has 0 spiro atoms. The predicted octanol–water partition coefficient (Wildman–Crippen LogP) is 4.10. The molecule has 0 bridgehead atoms. The first-order valence-corrected chi connectivity index (χ1v) is 7.79. The van der Waals surface area contributed by atoms with Gasteiger partial charge in [0.25, 0.3) is 5.69 Å². The fraction of sp³-hybridized carbons (Fsp3) is 0.316. The van der Waals surface area contributed by atoms with Crippen LogP contribution in [0.1, 0.15) is 31.9 Å². The highest BCUT2D eigenvalue weighted by Gasteiger charge is 2.19. The lowest BCUT2D eigenvalue weighted by molar-refractivity contribution is -0.385. The van der Waals surface area contributed by atoms with Gasteiger partial charge in [0.2, 0.25) is 5.91 Å². The zero-order valence-electron chi connectivity index (χ0n) is 14.4. The van der Waals surface area contributed by atoms with E-state index in [1.54, 1.807) is 25.2 Å². The number of nitro benzene ring substituents is 1. The summed E-state index contributed by atoms with van der Waals surface area (Å²) in [7, 11) is 1.68. The van der Waals surface area contributed by atoms with E-state index in [2.05, 4.69) is 20.8 Å². The van der Waals surface area contributed by atoms with E-state index >= 15 is 0 Å². The number of likely N-dealkylation sites (N-methyl/N-ethyl adjacent to an activating group) is 1. The summed E-state index contributed by atoms with van der Waals surface area (Å²) < 4.78 is 0. The fourth-order valence-corrected chi connectivity index (χ4v) is 2.45. The number of para-hydroxylation sites is 1. The Morgan fingerprint density at radius 3 is 2.21 bits per heavy atom. The van der Waals surface area contributed by atoms with E-state index in [1.165, 1.54) is 16.5 Å². The lowest BCUT2D eigenvalue weighted by Gasteiger charge is -2.22. The second kappa shape index (κ2) is 6.83. The largest absolute Gasteiger partial charge is 0.315 e. The number of carbonyl (C=O) groups excluding carboxylic acids is 1. The van der Waals surface area contributed by atoms with Gasteiger partial charge in [-0.05, 0) is 23.1 Å². The molecule has 1 amide bonds. The number of hydrogen-bond donors (Lipinski definition) is 0. The Bertz CT molecular complexity index is 746. The summed E-state index contributed by atoms with van der Waals surface area (Å²) in [5.74, 6) is -0.187. The van der Waals surface area contributed by atoms with Crippen molar-refractivity contribution in [1.82, 2.24) is 0 Å². The molecular formula is C19H22N2O3. The third kappa shape index (κ3) is 3.98. The van der Waals surface area contributed by atoms with Crippen LogP contribution in [0.4, 0.5) is 11.4 Å². The number of amides is 1. The molecule has 0 radical (unpaired) electrons. The molecule has 2 aromatic rings. The first-order chi connectivity index (χ1) is 11.2. The van der Waals surface area contributed by atoms with Gasteiger partial charge in [0, 0.05) is 24.4 Å². The molecule has 0 heterocycles. The Labute approximate surface area is 142 Å². The summed E-state index contributed by atoms with van der Waals surface area (Å²) in [4.78, 5) is 24.6. The third-order valence-electron chi connectivity index (χ3n) is 4.02. The Balaban J connectivity index is 2.17. The van der Waals surface area contributed by atoms with Gasteiger partial charge < -0.3 is 4.90 Å². The van der Waals surface area contributed by atoms with Gasteiger partial charge in [-0.25, -0.2) is 0 Å². The number of benzene rings is 2. The lowest BCUT2D eigenvalue weighted by atomic mass is 9.87. The molecule has 0 fully saturated rings. The first-order valence-electron chi connectivity index (χ1n) is 7.79. The highest BCUT2D eigenvalue weighted by Crippen LogP contribution is 2.25. The van der Waals surface area contributed by atoms with Crippen LogP contribution in [0.2, 0.25) is 0 Å². The molecular weight excluding hydrogens is 304 g/mol. The quantitative estimate of drug-likeness (QED) is 0.628. The van der Waals surface area contributed by atoms with Crippen LogP contribution in [0.3, 0.4) is 0 Å². The molecule has 0 aromatic heterocycles. The molecule has 5 heteroatoms. The predicted molar refractivity (Wildman–Crippen MR) is 95.4 cm³/mol. The molecule has 0 aliphatic carbocycles. The summed E-state index contributed by atoms with van der Waals surface area (Å²) in [5.41, 5.74) is 2.40. The van der Waals surface area contributed by atoms with Gasteiger partial charge in [-0.3, -0.25) is 14.9 Å². The highest BCUT2D eigenvalue weighted by molar-refractivity contribution is 5.94. The van der Waals surface area contributed by atoms with Gasteiger partial charge in [0.1, 0.15) is 0 Å². The Morgan fingerprint density at radius 2 is 1.67 bits per heavy atom. The molecule has 5 nitrogen and oxygen atoms in total. The Hall–Kier alpha value is -2.69. The minimum Gasteiger partial charge on any atom is -0.315 e. The standard InChI is InChI=1S/C19H22N2O3/c1-19(2,3)15-9-11-16(12-10-15)20(4)18(22)13-14-7-5-6-8-17(14)21(23)24/h5-12H,13H2,1-4H3. The lowest BCUT2D eigenvalue weighted by Crippen LogP contribution is -2.28. The molecule has 24 heavy (non-hydrogen) atoms. The molecule has 0 unspecified atom stereocenters. The average molecular weight is 326 g/mol. The molecule has 0 saturated carbocycles. The fourth-order valence-electron chi connectivity index (χ4n) is 2.45. The van der Waals surface area contributed by atoms with Crippen LogP contribution in [-0.2, 0) is 16.6 Å². The van der Waals surface area contributed by atoms with Crippen LogP contribution < -0.4 is 4.90 Å². The average Bonchev–Trinajstić information content (AvgIpc) is 2.53. The van der Waals surface area contributed by atoms with Crippen molar-refractivity contribution in [3.63, 3.8) is 0 Å². The summed E-state index contributed by atoms with van der Waals surface area (Å²) in [6.07, 6.45) is -0.00528. The van der Waals surface area contributed by atoms with E-state index in [-0.39, 0.29) is 23.4 Å². The van der Waals surface area contributed by atoms with Crippen molar-refractivity contribution in [2.45, 2.75) is 32.6 Å². The van der Waals surface area contributed by atoms with Crippen LogP contribution >= 0.6 is 0 Å². The Kier molecular flexibility index (Phi) is 5.02. The second-order valence-corrected chi connectivity index (χ2v) is 6.81. The number of rotatable bonds is 4. The molecule has 2 aromatic carbocycles. The molecule has 0 aliphatic heterocycles. The topological polar surface area (TPSA) is 63.5 Å². The molecule has 0 saturated heterocycles. The zero-order valence-corrected chi connectivity index (χ0v) is 14.4. The molecule has 0 aliphatic rings. The number of anilines is 1. The van der Waals surface area contributed by atoms with Crippen molar-refractivity contribution in [3.05, 3.63) is 69.8 Å². The van der Waals surface area contributed by atoms with Crippen molar-refractivity contribution in [2.75, 3.05) is 11.9 Å². The summed E-state index contributed by atoms with van der Waals surface area (Å²) in [5, 5.41) is 11.1. The SMILES string of the molecule is CN(C(=O)Cc1ccccc1[N+](=O)[O-])c1ccc(C(C)(C)C)cc1. The highest BCUT2D eigenvalue weighted by atomic mass is 16.6. The van der Waals surface area contributed by atoms with Crippen molar-refractivity contribution in [2.24, 2.45) is 0 Å².